The van der Waals surface area contributed by atoms with E-state index in [1.165, 1.54) is 0 Å². The molecule has 0 spiro atoms. The summed E-state index contributed by atoms with van der Waals surface area (Å²) in [6.45, 7) is 3.77. The van der Waals surface area contributed by atoms with E-state index in [0.717, 1.165) is 16.9 Å². The summed E-state index contributed by atoms with van der Waals surface area (Å²) in [6.07, 6.45) is 0.695. The minimum absolute atomic E-state index is 0.237. The van der Waals surface area contributed by atoms with Crippen molar-refractivity contribution >= 4 is 10.0 Å². The highest BCUT2D eigenvalue weighted by molar-refractivity contribution is 7.89. The van der Waals surface area contributed by atoms with Crippen molar-refractivity contribution in [1.29, 1.82) is 0 Å². The molecule has 6 heteroatoms. The van der Waals surface area contributed by atoms with Gasteiger partial charge in [-0.25, -0.2) is 13.1 Å². The zero-order valence-corrected chi connectivity index (χ0v) is 15.2. The first kappa shape index (κ1) is 18.3. The Bertz CT molecular complexity index is 785. The summed E-state index contributed by atoms with van der Waals surface area (Å²) in [5.74, 6) is 1.43. The van der Waals surface area contributed by atoms with Crippen LogP contribution in [0, 0.1) is 0 Å². The lowest BCUT2D eigenvalue weighted by Gasteiger charge is -2.16. The van der Waals surface area contributed by atoms with Crippen molar-refractivity contribution in [3.8, 4) is 11.5 Å². The van der Waals surface area contributed by atoms with Crippen molar-refractivity contribution < 1.29 is 17.9 Å². The SMILES string of the molecule is CCc1cc(S(=O)(=O)NC(C)c2ccc(OC)cc2)ccc1OC. The maximum absolute atomic E-state index is 12.6. The van der Waals surface area contributed by atoms with Gasteiger partial charge in [-0.05, 0) is 54.8 Å². The number of hydrogen-bond acceptors (Lipinski definition) is 4. The van der Waals surface area contributed by atoms with Crippen molar-refractivity contribution in [2.75, 3.05) is 14.2 Å². The molecule has 0 radical (unpaired) electrons. The molecule has 0 aliphatic heterocycles. The molecular formula is C18H23NO4S. The maximum Gasteiger partial charge on any atom is 0.241 e. The van der Waals surface area contributed by atoms with E-state index in [4.69, 9.17) is 9.47 Å². The zero-order chi connectivity index (χ0) is 17.7. The quantitative estimate of drug-likeness (QED) is 0.833. The largest absolute Gasteiger partial charge is 0.497 e. The monoisotopic (exact) mass is 349 g/mol. The molecule has 0 heterocycles. The molecule has 0 saturated carbocycles. The Hall–Kier alpha value is -2.05. The van der Waals surface area contributed by atoms with Gasteiger partial charge in [-0.15, -0.1) is 0 Å². The molecule has 0 saturated heterocycles. The lowest BCUT2D eigenvalue weighted by molar-refractivity contribution is 0.409. The number of aryl methyl sites for hydroxylation is 1. The number of sulfonamides is 1. The van der Waals surface area contributed by atoms with E-state index in [9.17, 15) is 8.42 Å². The number of ether oxygens (including phenoxy) is 2. The molecule has 0 bridgehead atoms. The van der Waals surface area contributed by atoms with Crippen LogP contribution in [-0.2, 0) is 16.4 Å². The number of nitrogens with one attached hydrogen (secondary N) is 1. The van der Waals surface area contributed by atoms with Gasteiger partial charge in [-0.3, -0.25) is 0 Å². The minimum atomic E-state index is -3.62. The van der Waals surface area contributed by atoms with Crippen molar-refractivity contribution in [2.45, 2.75) is 31.2 Å². The Kier molecular flexibility index (Phi) is 5.85. The third-order valence-electron chi connectivity index (χ3n) is 3.89. The minimum Gasteiger partial charge on any atom is -0.497 e. The summed E-state index contributed by atoms with van der Waals surface area (Å²) in [6, 6.07) is 11.8. The molecule has 1 atom stereocenters. The molecule has 5 nitrogen and oxygen atoms in total. The van der Waals surface area contributed by atoms with Crippen molar-refractivity contribution in [3.63, 3.8) is 0 Å². The van der Waals surface area contributed by atoms with E-state index in [2.05, 4.69) is 4.72 Å². The fraction of sp³-hybridized carbons (Fsp3) is 0.333. The molecule has 24 heavy (non-hydrogen) atoms. The van der Waals surface area contributed by atoms with Crippen LogP contribution in [0.1, 0.15) is 31.0 Å². The van der Waals surface area contributed by atoms with Crippen molar-refractivity contribution in [1.82, 2.24) is 4.72 Å². The molecule has 1 N–H and O–H groups in total. The van der Waals surface area contributed by atoms with Gasteiger partial charge >= 0.3 is 0 Å². The van der Waals surface area contributed by atoms with E-state index in [1.807, 2.05) is 38.1 Å². The topological polar surface area (TPSA) is 64.6 Å². The summed E-state index contributed by atoms with van der Waals surface area (Å²) in [5.41, 5.74) is 1.72. The highest BCUT2D eigenvalue weighted by Gasteiger charge is 2.19. The highest BCUT2D eigenvalue weighted by Crippen LogP contribution is 2.24. The molecule has 2 rings (SSSR count). The van der Waals surface area contributed by atoms with Gasteiger partial charge < -0.3 is 9.47 Å². The van der Waals surface area contributed by atoms with E-state index in [1.54, 1.807) is 32.4 Å². The second-order valence-corrected chi connectivity index (χ2v) is 7.16. The van der Waals surface area contributed by atoms with Gasteiger partial charge in [0.25, 0.3) is 0 Å². The van der Waals surface area contributed by atoms with Crippen LogP contribution in [0.3, 0.4) is 0 Å². The standard InChI is InChI=1S/C18H23NO4S/c1-5-14-12-17(10-11-18(14)23-4)24(20,21)19-13(2)15-6-8-16(22-3)9-7-15/h6-13,19H,5H2,1-4H3. The summed E-state index contributed by atoms with van der Waals surface area (Å²) in [5, 5.41) is 0. The van der Waals surface area contributed by atoms with Gasteiger partial charge in [0.15, 0.2) is 0 Å². The van der Waals surface area contributed by atoms with Gasteiger partial charge in [0.1, 0.15) is 11.5 Å². The fourth-order valence-corrected chi connectivity index (χ4v) is 3.74. The lowest BCUT2D eigenvalue weighted by atomic mass is 10.1. The normalized spacial score (nSPS) is 12.7. The number of rotatable bonds is 7. The molecule has 0 aromatic heterocycles. The molecule has 1 unspecified atom stereocenters. The predicted molar refractivity (Wildman–Crippen MR) is 94.1 cm³/mol. The van der Waals surface area contributed by atoms with Crippen LogP contribution in [0.5, 0.6) is 11.5 Å². The van der Waals surface area contributed by atoms with Crippen LogP contribution in [0.25, 0.3) is 0 Å². The second kappa shape index (κ2) is 7.68. The van der Waals surface area contributed by atoms with Gasteiger partial charge in [0.05, 0.1) is 19.1 Å². The van der Waals surface area contributed by atoms with Crippen molar-refractivity contribution in [3.05, 3.63) is 53.6 Å². The van der Waals surface area contributed by atoms with Crippen LogP contribution in [0.15, 0.2) is 47.4 Å². The maximum atomic E-state index is 12.6. The Labute approximate surface area is 143 Å². The highest BCUT2D eigenvalue weighted by atomic mass is 32.2. The number of methoxy groups -OCH3 is 2. The van der Waals surface area contributed by atoms with Gasteiger partial charge in [-0.2, -0.15) is 0 Å². The molecular weight excluding hydrogens is 326 g/mol. The lowest BCUT2D eigenvalue weighted by Crippen LogP contribution is -2.27. The summed E-state index contributed by atoms with van der Waals surface area (Å²) in [7, 11) is -0.448. The summed E-state index contributed by atoms with van der Waals surface area (Å²) in [4.78, 5) is 0.237. The summed E-state index contributed by atoms with van der Waals surface area (Å²) >= 11 is 0. The number of benzene rings is 2. The second-order valence-electron chi connectivity index (χ2n) is 5.44. The van der Waals surface area contributed by atoms with Gasteiger partial charge in [0.2, 0.25) is 10.0 Å². The Balaban J connectivity index is 2.23. The fourth-order valence-electron chi connectivity index (χ4n) is 2.46. The number of hydrogen-bond donors (Lipinski definition) is 1. The predicted octanol–water partition coefficient (Wildman–Crippen LogP) is 3.31. The van der Waals surface area contributed by atoms with E-state index in [-0.39, 0.29) is 10.9 Å². The third-order valence-corrected chi connectivity index (χ3v) is 5.43. The van der Waals surface area contributed by atoms with E-state index < -0.39 is 10.0 Å². The smallest absolute Gasteiger partial charge is 0.241 e. The first-order valence-electron chi connectivity index (χ1n) is 7.74. The van der Waals surface area contributed by atoms with Crippen molar-refractivity contribution in [2.24, 2.45) is 0 Å². The van der Waals surface area contributed by atoms with Crippen LogP contribution < -0.4 is 14.2 Å². The Morgan fingerprint density at radius 2 is 1.71 bits per heavy atom. The average Bonchev–Trinajstić information content (AvgIpc) is 2.60. The molecule has 2 aromatic carbocycles. The van der Waals surface area contributed by atoms with E-state index in [0.29, 0.717) is 12.2 Å². The van der Waals surface area contributed by atoms with Crippen LogP contribution in [0.4, 0.5) is 0 Å². The molecule has 2 aromatic rings. The molecule has 0 fully saturated rings. The Morgan fingerprint density at radius 1 is 1.04 bits per heavy atom. The van der Waals surface area contributed by atoms with E-state index >= 15 is 0 Å². The van der Waals surface area contributed by atoms with Gasteiger partial charge in [0, 0.05) is 6.04 Å². The zero-order valence-electron chi connectivity index (χ0n) is 14.4. The summed E-state index contributed by atoms with van der Waals surface area (Å²) < 4.78 is 38.3. The van der Waals surface area contributed by atoms with Crippen LogP contribution in [0.2, 0.25) is 0 Å². The van der Waals surface area contributed by atoms with Crippen LogP contribution in [-0.4, -0.2) is 22.6 Å². The molecule has 0 aliphatic rings. The first-order chi connectivity index (χ1) is 11.4. The molecule has 130 valence electrons. The average molecular weight is 349 g/mol. The first-order valence-corrected chi connectivity index (χ1v) is 9.22. The van der Waals surface area contributed by atoms with Crippen LogP contribution >= 0.6 is 0 Å². The Morgan fingerprint density at radius 3 is 2.25 bits per heavy atom. The third kappa shape index (κ3) is 4.07. The molecule has 0 amide bonds. The molecule has 0 aliphatic carbocycles. The van der Waals surface area contributed by atoms with Gasteiger partial charge in [-0.1, -0.05) is 19.1 Å².